The summed E-state index contributed by atoms with van der Waals surface area (Å²) < 4.78 is 5.45. The molecule has 0 amide bonds. The van der Waals surface area contributed by atoms with Crippen molar-refractivity contribution in [3.63, 3.8) is 0 Å². The molecule has 1 aromatic rings. The van der Waals surface area contributed by atoms with Gasteiger partial charge in [0.15, 0.2) is 0 Å². The third-order valence-corrected chi connectivity index (χ3v) is 3.67. The Morgan fingerprint density at radius 1 is 1.19 bits per heavy atom. The Bertz CT molecular complexity index is 392. The minimum Gasteiger partial charge on any atom is -0.389 e. The van der Waals surface area contributed by atoms with Crippen molar-refractivity contribution < 1.29 is 9.84 Å². The Hall–Kier alpha value is -1.01. The lowest BCUT2D eigenvalue weighted by molar-refractivity contribution is -0.0149. The van der Waals surface area contributed by atoms with Crippen molar-refractivity contribution in [2.24, 2.45) is 0 Å². The monoisotopic (exact) mass is 293 g/mol. The van der Waals surface area contributed by atoms with E-state index in [1.54, 1.807) is 0 Å². The van der Waals surface area contributed by atoms with Crippen LogP contribution in [-0.2, 0) is 11.3 Å². The third kappa shape index (κ3) is 6.09. The molecule has 2 heterocycles. The van der Waals surface area contributed by atoms with Gasteiger partial charge in [0.2, 0.25) is 0 Å². The molecular weight excluding hydrogens is 266 g/mol. The Morgan fingerprint density at radius 2 is 1.90 bits per heavy atom. The van der Waals surface area contributed by atoms with Gasteiger partial charge >= 0.3 is 0 Å². The van der Waals surface area contributed by atoms with Gasteiger partial charge in [0.25, 0.3) is 0 Å². The molecule has 0 spiro atoms. The number of ether oxygens (including phenoxy) is 1. The van der Waals surface area contributed by atoms with Gasteiger partial charge in [0, 0.05) is 45.5 Å². The summed E-state index contributed by atoms with van der Waals surface area (Å²) in [4.78, 5) is 9.09. The first-order valence-electron chi connectivity index (χ1n) is 7.78. The maximum Gasteiger partial charge on any atom is 0.0900 e. The summed E-state index contributed by atoms with van der Waals surface area (Å²) in [5.74, 6) is 0. The van der Waals surface area contributed by atoms with Gasteiger partial charge in [-0.25, -0.2) is 0 Å². The SMILES string of the molecule is CC(C)OC[C@H](O)CN1CCN(Cc2ccccn2)CC1. The van der Waals surface area contributed by atoms with E-state index in [2.05, 4.69) is 20.9 Å². The second-order valence-corrected chi connectivity index (χ2v) is 5.93. The summed E-state index contributed by atoms with van der Waals surface area (Å²) in [6, 6.07) is 6.05. The number of hydrogen-bond donors (Lipinski definition) is 1. The van der Waals surface area contributed by atoms with E-state index in [1.165, 1.54) is 0 Å². The molecule has 21 heavy (non-hydrogen) atoms. The van der Waals surface area contributed by atoms with E-state index < -0.39 is 6.10 Å². The summed E-state index contributed by atoms with van der Waals surface area (Å²) in [6.07, 6.45) is 1.63. The molecule has 118 valence electrons. The highest BCUT2D eigenvalue weighted by atomic mass is 16.5. The van der Waals surface area contributed by atoms with Crippen molar-refractivity contribution in [3.05, 3.63) is 30.1 Å². The molecule has 1 aromatic heterocycles. The molecule has 5 heteroatoms. The molecule has 1 fully saturated rings. The third-order valence-electron chi connectivity index (χ3n) is 3.67. The molecule has 2 rings (SSSR count). The predicted molar refractivity (Wildman–Crippen MR) is 83.0 cm³/mol. The fraction of sp³-hybridized carbons (Fsp3) is 0.688. The van der Waals surface area contributed by atoms with Crippen LogP contribution in [-0.4, -0.2) is 71.4 Å². The van der Waals surface area contributed by atoms with E-state index in [1.807, 2.05) is 32.2 Å². The highest BCUT2D eigenvalue weighted by molar-refractivity contribution is 5.03. The Morgan fingerprint density at radius 3 is 2.52 bits per heavy atom. The standard InChI is InChI=1S/C16H27N3O2/c1-14(2)21-13-16(20)12-19-9-7-18(8-10-19)11-15-5-3-4-6-17-15/h3-6,14,16,20H,7-13H2,1-2H3/t16-/m1/s1. The maximum atomic E-state index is 9.96. The fourth-order valence-electron chi connectivity index (χ4n) is 2.51. The summed E-state index contributed by atoms with van der Waals surface area (Å²) in [7, 11) is 0. The van der Waals surface area contributed by atoms with Gasteiger partial charge in [0.05, 0.1) is 24.5 Å². The van der Waals surface area contributed by atoms with Crippen LogP contribution in [0.1, 0.15) is 19.5 Å². The normalized spacial score (nSPS) is 19.0. The number of aliphatic hydroxyl groups excluding tert-OH is 1. The first-order valence-corrected chi connectivity index (χ1v) is 7.78. The van der Waals surface area contributed by atoms with Gasteiger partial charge in [0.1, 0.15) is 0 Å². The zero-order chi connectivity index (χ0) is 15.1. The molecule has 0 radical (unpaired) electrons. The topological polar surface area (TPSA) is 48.8 Å². The van der Waals surface area contributed by atoms with Crippen LogP contribution in [0.5, 0.6) is 0 Å². The highest BCUT2D eigenvalue weighted by Gasteiger charge is 2.19. The molecule has 1 aliphatic heterocycles. The van der Waals surface area contributed by atoms with Crippen molar-refractivity contribution in [2.75, 3.05) is 39.3 Å². The van der Waals surface area contributed by atoms with Gasteiger partial charge in [-0.15, -0.1) is 0 Å². The number of piperazine rings is 1. The average Bonchev–Trinajstić information content (AvgIpc) is 2.48. The first kappa shape index (κ1) is 16.4. The van der Waals surface area contributed by atoms with Crippen LogP contribution < -0.4 is 0 Å². The van der Waals surface area contributed by atoms with E-state index in [9.17, 15) is 5.11 Å². The van der Waals surface area contributed by atoms with Gasteiger partial charge in [-0.3, -0.25) is 14.8 Å². The summed E-state index contributed by atoms with van der Waals surface area (Å²) >= 11 is 0. The minimum absolute atomic E-state index is 0.176. The van der Waals surface area contributed by atoms with E-state index in [0.29, 0.717) is 13.2 Å². The molecule has 0 aliphatic carbocycles. The Kier molecular flexibility index (Phi) is 6.57. The van der Waals surface area contributed by atoms with Crippen molar-refractivity contribution in [3.8, 4) is 0 Å². The zero-order valence-electron chi connectivity index (χ0n) is 13.1. The van der Waals surface area contributed by atoms with Crippen LogP contribution in [0.4, 0.5) is 0 Å². The lowest BCUT2D eigenvalue weighted by Gasteiger charge is -2.35. The minimum atomic E-state index is -0.394. The van der Waals surface area contributed by atoms with Gasteiger partial charge in [-0.1, -0.05) is 6.07 Å². The lowest BCUT2D eigenvalue weighted by Crippen LogP contribution is -2.48. The number of aliphatic hydroxyl groups is 1. The predicted octanol–water partition coefficient (Wildman–Crippen LogP) is 0.985. The summed E-state index contributed by atoms with van der Waals surface area (Å²) in [6.45, 7) is 10.0. The fourth-order valence-corrected chi connectivity index (χ4v) is 2.51. The van der Waals surface area contributed by atoms with E-state index in [-0.39, 0.29) is 6.10 Å². The molecule has 0 bridgehead atoms. The second kappa shape index (κ2) is 8.44. The van der Waals surface area contributed by atoms with Gasteiger partial charge in [-0.05, 0) is 26.0 Å². The maximum absolute atomic E-state index is 9.96. The molecular formula is C16H27N3O2. The molecule has 0 saturated carbocycles. The van der Waals surface area contributed by atoms with Crippen molar-refractivity contribution >= 4 is 0 Å². The van der Waals surface area contributed by atoms with Crippen LogP contribution in [0.2, 0.25) is 0 Å². The molecule has 1 N–H and O–H groups in total. The lowest BCUT2D eigenvalue weighted by atomic mass is 10.2. The molecule has 0 unspecified atom stereocenters. The molecule has 1 saturated heterocycles. The van der Waals surface area contributed by atoms with E-state index in [4.69, 9.17) is 4.74 Å². The highest BCUT2D eigenvalue weighted by Crippen LogP contribution is 2.07. The van der Waals surface area contributed by atoms with Gasteiger partial charge in [-0.2, -0.15) is 0 Å². The van der Waals surface area contributed by atoms with Crippen molar-refractivity contribution in [2.45, 2.75) is 32.6 Å². The number of nitrogens with zero attached hydrogens (tertiary/aromatic N) is 3. The van der Waals surface area contributed by atoms with Gasteiger partial charge < -0.3 is 9.84 Å². The number of hydrogen-bond acceptors (Lipinski definition) is 5. The van der Waals surface area contributed by atoms with Crippen molar-refractivity contribution in [1.29, 1.82) is 0 Å². The van der Waals surface area contributed by atoms with Crippen LogP contribution in [0, 0.1) is 0 Å². The first-order chi connectivity index (χ1) is 10.1. The van der Waals surface area contributed by atoms with Crippen LogP contribution in [0.25, 0.3) is 0 Å². The Balaban J connectivity index is 1.66. The summed E-state index contributed by atoms with van der Waals surface area (Å²) in [5, 5.41) is 9.96. The average molecular weight is 293 g/mol. The Labute approximate surface area is 127 Å². The van der Waals surface area contributed by atoms with Crippen molar-refractivity contribution in [1.82, 2.24) is 14.8 Å². The second-order valence-electron chi connectivity index (χ2n) is 5.93. The quantitative estimate of drug-likeness (QED) is 0.812. The molecule has 1 aliphatic rings. The number of pyridine rings is 1. The zero-order valence-corrected chi connectivity index (χ0v) is 13.1. The molecule has 0 aromatic carbocycles. The number of β-amino-alcohol motifs (C(OH)–C–C–N with tert-alkyl or cyclic N) is 1. The number of aromatic nitrogens is 1. The van der Waals surface area contributed by atoms with Crippen LogP contribution >= 0.6 is 0 Å². The molecule has 5 nitrogen and oxygen atoms in total. The van der Waals surface area contributed by atoms with E-state index >= 15 is 0 Å². The van der Waals surface area contributed by atoms with Crippen LogP contribution in [0.15, 0.2) is 24.4 Å². The largest absolute Gasteiger partial charge is 0.389 e. The van der Waals surface area contributed by atoms with E-state index in [0.717, 1.165) is 38.4 Å². The summed E-state index contributed by atoms with van der Waals surface area (Å²) in [5.41, 5.74) is 1.12. The van der Waals surface area contributed by atoms with Crippen LogP contribution in [0.3, 0.4) is 0 Å². The smallest absolute Gasteiger partial charge is 0.0900 e. The molecule has 1 atom stereocenters. The number of rotatable bonds is 7.